The third-order valence-corrected chi connectivity index (χ3v) is 5.04. The van der Waals surface area contributed by atoms with Crippen molar-refractivity contribution >= 4 is 12.4 Å². The SMILES string of the molecule is Cl.FC(F)(F)Oc1ccccc1CCNC1CCCC1C1COCCN1. The van der Waals surface area contributed by atoms with Gasteiger partial charge < -0.3 is 20.1 Å². The molecule has 26 heavy (non-hydrogen) atoms. The Bertz CT molecular complexity index is 553. The van der Waals surface area contributed by atoms with E-state index in [2.05, 4.69) is 15.4 Å². The predicted octanol–water partition coefficient (Wildman–Crippen LogP) is 3.30. The monoisotopic (exact) mass is 394 g/mol. The van der Waals surface area contributed by atoms with Gasteiger partial charge in [-0.25, -0.2) is 0 Å². The molecule has 2 N–H and O–H groups in total. The maximum Gasteiger partial charge on any atom is 0.573 e. The second kappa shape index (κ2) is 9.78. The van der Waals surface area contributed by atoms with Crippen molar-refractivity contribution in [3.63, 3.8) is 0 Å². The number of morpholine rings is 1. The van der Waals surface area contributed by atoms with Gasteiger partial charge in [-0.15, -0.1) is 25.6 Å². The van der Waals surface area contributed by atoms with Gasteiger partial charge in [0, 0.05) is 18.6 Å². The molecule has 0 radical (unpaired) electrons. The van der Waals surface area contributed by atoms with Crippen LogP contribution < -0.4 is 15.4 Å². The van der Waals surface area contributed by atoms with E-state index in [9.17, 15) is 13.2 Å². The van der Waals surface area contributed by atoms with Crippen LogP contribution in [0, 0.1) is 5.92 Å². The Labute approximate surface area is 158 Å². The first-order valence-corrected chi connectivity index (χ1v) is 8.91. The van der Waals surface area contributed by atoms with Crippen molar-refractivity contribution in [2.45, 2.75) is 44.1 Å². The van der Waals surface area contributed by atoms with Crippen LogP contribution in [0.15, 0.2) is 24.3 Å². The van der Waals surface area contributed by atoms with E-state index in [1.54, 1.807) is 18.2 Å². The van der Waals surface area contributed by atoms with Crippen molar-refractivity contribution in [3.05, 3.63) is 29.8 Å². The highest BCUT2D eigenvalue weighted by Crippen LogP contribution is 2.30. The molecule has 1 aromatic rings. The Morgan fingerprint density at radius 2 is 2.04 bits per heavy atom. The Morgan fingerprint density at radius 1 is 1.23 bits per heavy atom. The molecule has 0 amide bonds. The summed E-state index contributed by atoms with van der Waals surface area (Å²) < 4.78 is 47.2. The molecule has 4 nitrogen and oxygen atoms in total. The zero-order valence-corrected chi connectivity index (χ0v) is 15.4. The normalized spacial score (nSPS) is 26.3. The lowest BCUT2D eigenvalue weighted by atomic mass is 9.94. The third-order valence-electron chi connectivity index (χ3n) is 5.04. The lowest BCUT2D eigenvalue weighted by molar-refractivity contribution is -0.274. The minimum atomic E-state index is -4.66. The lowest BCUT2D eigenvalue weighted by Crippen LogP contribution is -2.51. The van der Waals surface area contributed by atoms with Gasteiger partial charge in [0.2, 0.25) is 0 Å². The lowest BCUT2D eigenvalue weighted by Gasteiger charge is -2.33. The molecule has 3 unspecified atom stereocenters. The molecule has 0 aromatic heterocycles. The number of hydrogen-bond donors (Lipinski definition) is 2. The molecule has 1 saturated carbocycles. The number of para-hydroxylation sites is 1. The molecular formula is C18H26ClF3N2O2. The molecule has 3 rings (SSSR count). The van der Waals surface area contributed by atoms with Crippen LogP contribution in [0.5, 0.6) is 5.75 Å². The summed E-state index contributed by atoms with van der Waals surface area (Å²) in [5.41, 5.74) is 0.570. The predicted molar refractivity (Wildman–Crippen MR) is 95.8 cm³/mol. The quantitative estimate of drug-likeness (QED) is 0.777. The fourth-order valence-corrected chi connectivity index (χ4v) is 3.91. The van der Waals surface area contributed by atoms with Gasteiger partial charge in [-0.05, 0) is 43.4 Å². The van der Waals surface area contributed by atoms with Gasteiger partial charge in [0.05, 0.1) is 13.2 Å². The van der Waals surface area contributed by atoms with Crippen molar-refractivity contribution in [3.8, 4) is 5.75 Å². The van der Waals surface area contributed by atoms with Gasteiger partial charge >= 0.3 is 6.36 Å². The number of ether oxygens (including phenoxy) is 2. The number of alkyl halides is 3. The topological polar surface area (TPSA) is 42.5 Å². The Morgan fingerprint density at radius 3 is 2.77 bits per heavy atom. The minimum absolute atomic E-state index is 0. The molecule has 148 valence electrons. The molecule has 1 aromatic carbocycles. The van der Waals surface area contributed by atoms with E-state index in [0.29, 0.717) is 36.5 Å². The average Bonchev–Trinajstić information content (AvgIpc) is 3.04. The number of benzene rings is 1. The van der Waals surface area contributed by atoms with Crippen LogP contribution in [0.3, 0.4) is 0 Å². The molecule has 3 atom stereocenters. The first kappa shape index (κ1) is 21.3. The van der Waals surface area contributed by atoms with E-state index in [1.165, 1.54) is 12.5 Å². The summed E-state index contributed by atoms with van der Waals surface area (Å²) in [6.45, 7) is 3.02. The van der Waals surface area contributed by atoms with Gasteiger partial charge in [-0.2, -0.15) is 0 Å². The van der Waals surface area contributed by atoms with Crippen LogP contribution in [-0.2, 0) is 11.2 Å². The van der Waals surface area contributed by atoms with Crippen molar-refractivity contribution in [1.82, 2.24) is 10.6 Å². The van der Waals surface area contributed by atoms with E-state index in [4.69, 9.17) is 4.74 Å². The van der Waals surface area contributed by atoms with E-state index < -0.39 is 6.36 Å². The molecule has 2 aliphatic rings. The average molecular weight is 395 g/mol. The smallest absolute Gasteiger partial charge is 0.406 e. The van der Waals surface area contributed by atoms with Crippen molar-refractivity contribution < 1.29 is 22.6 Å². The summed E-state index contributed by atoms with van der Waals surface area (Å²) in [6, 6.07) is 7.10. The fraction of sp³-hybridized carbons (Fsp3) is 0.667. The molecule has 1 aliphatic carbocycles. The molecule has 0 bridgehead atoms. The second-order valence-corrected chi connectivity index (χ2v) is 6.70. The van der Waals surface area contributed by atoms with Crippen LogP contribution >= 0.6 is 12.4 Å². The van der Waals surface area contributed by atoms with Gasteiger partial charge in [-0.3, -0.25) is 0 Å². The maximum absolute atomic E-state index is 12.5. The van der Waals surface area contributed by atoms with Gasteiger partial charge in [0.15, 0.2) is 0 Å². The zero-order chi connectivity index (χ0) is 17.7. The maximum atomic E-state index is 12.5. The largest absolute Gasteiger partial charge is 0.573 e. The summed E-state index contributed by atoms with van der Waals surface area (Å²) in [6.07, 6.45) is -0.721. The highest BCUT2D eigenvalue weighted by atomic mass is 35.5. The second-order valence-electron chi connectivity index (χ2n) is 6.70. The standard InChI is InChI=1S/C18H25F3N2O2.ClH/c19-18(20,21)25-17-7-2-1-4-13(17)8-9-22-15-6-3-5-14(15)16-12-24-11-10-23-16;/h1-2,4,7,14-16,22-23H,3,5-6,8-12H2;1H. The van der Waals surface area contributed by atoms with Crippen molar-refractivity contribution in [2.24, 2.45) is 5.92 Å². The van der Waals surface area contributed by atoms with E-state index in [0.717, 1.165) is 32.6 Å². The molecule has 1 aliphatic heterocycles. The summed E-state index contributed by atoms with van der Waals surface area (Å²) in [7, 11) is 0. The van der Waals surface area contributed by atoms with Crippen LogP contribution in [-0.4, -0.2) is 44.7 Å². The number of rotatable bonds is 6. The van der Waals surface area contributed by atoms with E-state index >= 15 is 0 Å². The molecule has 1 saturated heterocycles. The number of nitrogens with one attached hydrogen (secondary N) is 2. The summed E-state index contributed by atoms with van der Waals surface area (Å²) in [5, 5.41) is 7.06. The Kier molecular flexibility index (Phi) is 8.01. The Balaban J connectivity index is 0.00000243. The summed E-state index contributed by atoms with van der Waals surface area (Å²) >= 11 is 0. The summed E-state index contributed by atoms with van der Waals surface area (Å²) in [4.78, 5) is 0. The molecular weight excluding hydrogens is 369 g/mol. The molecule has 1 heterocycles. The van der Waals surface area contributed by atoms with E-state index in [1.807, 2.05) is 0 Å². The first-order chi connectivity index (χ1) is 12.0. The molecule has 0 spiro atoms. The van der Waals surface area contributed by atoms with Gasteiger partial charge in [0.25, 0.3) is 0 Å². The highest BCUT2D eigenvalue weighted by molar-refractivity contribution is 5.85. The van der Waals surface area contributed by atoms with Crippen LogP contribution in [0.4, 0.5) is 13.2 Å². The van der Waals surface area contributed by atoms with Crippen LogP contribution in [0.1, 0.15) is 24.8 Å². The van der Waals surface area contributed by atoms with E-state index in [-0.39, 0.29) is 18.2 Å². The van der Waals surface area contributed by atoms with Crippen molar-refractivity contribution in [2.75, 3.05) is 26.3 Å². The van der Waals surface area contributed by atoms with Crippen LogP contribution in [0.25, 0.3) is 0 Å². The number of hydrogen-bond acceptors (Lipinski definition) is 4. The number of halogens is 4. The molecule has 8 heteroatoms. The third kappa shape index (κ3) is 6.01. The van der Waals surface area contributed by atoms with Crippen LogP contribution in [0.2, 0.25) is 0 Å². The fourth-order valence-electron chi connectivity index (χ4n) is 3.91. The van der Waals surface area contributed by atoms with Gasteiger partial charge in [0.1, 0.15) is 5.75 Å². The Hall–Kier alpha value is -1.02. The van der Waals surface area contributed by atoms with Gasteiger partial charge in [-0.1, -0.05) is 24.6 Å². The van der Waals surface area contributed by atoms with Crippen molar-refractivity contribution in [1.29, 1.82) is 0 Å². The first-order valence-electron chi connectivity index (χ1n) is 8.91. The highest BCUT2D eigenvalue weighted by Gasteiger charge is 2.34. The summed E-state index contributed by atoms with van der Waals surface area (Å²) in [5.74, 6) is 0.407. The zero-order valence-electron chi connectivity index (χ0n) is 14.6. The minimum Gasteiger partial charge on any atom is -0.406 e. The molecule has 2 fully saturated rings.